The highest BCUT2D eigenvalue weighted by atomic mass is 79.9. The van der Waals surface area contributed by atoms with Crippen molar-refractivity contribution in [3.63, 3.8) is 0 Å². The Morgan fingerprint density at radius 1 is 1.00 bits per heavy atom. The van der Waals surface area contributed by atoms with Gasteiger partial charge in [-0.3, -0.25) is 0 Å². The van der Waals surface area contributed by atoms with Gasteiger partial charge in [-0.25, -0.2) is 0 Å². The third-order valence-corrected chi connectivity index (χ3v) is 3.55. The predicted molar refractivity (Wildman–Crippen MR) is 62.3 cm³/mol. The summed E-state index contributed by atoms with van der Waals surface area (Å²) >= 11 is 3.58. The molecule has 0 bridgehead atoms. The monoisotopic (exact) mass is 240 g/mol. The molecule has 1 aromatic carbocycles. The van der Waals surface area contributed by atoms with Gasteiger partial charge in [-0.15, -0.1) is 0 Å². The summed E-state index contributed by atoms with van der Waals surface area (Å²) < 4.78 is 1.24. The molecule has 0 amide bonds. The molecule has 0 unspecified atom stereocenters. The van der Waals surface area contributed by atoms with Gasteiger partial charge in [-0.2, -0.15) is 0 Å². The van der Waals surface area contributed by atoms with E-state index in [1.807, 2.05) is 0 Å². The number of hydrogen-bond acceptors (Lipinski definition) is 0. The van der Waals surface area contributed by atoms with E-state index in [4.69, 9.17) is 0 Å². The Hall–Kier alpha value is -0.300. The third kappa shape index (κ3) is 2.34. The van der Waals surface area contributed by atoms with Crippen molar-refractivity contribution in [3.05, 3.63) is 33.3 Å². The molecule has 1 rings (SSSR count). The van der Waals surface area contributed by atoms with Crippen molar-refractivity contribution in [3.8, 4) is 0 Å². The van der Waals surface area contributed by atoms with Crippen LogP contribution in [0.4, 0.5) is 0 Å². The van der Waals surface area contributed by atoms with Crippen LogP contribution in [-0.2, 0) is 5.41 Å². The van der Waals surface area contributed by atoms with Gasteiger partial charge >= 0.3 is 0 Å². The lowest BCUT2D eigenvalue weighted by atomic mass is 9.85. The summed E-state index contributed by atoms with van der Waals surface area (Å²) in [5, 5.41) is 0. The Bertz CT molecular complexity index is 295. The van der Waals surface area contributed by atoms with Crippen molar-refractivity contribution in [2.75, 3.05) is 0 Å². The summed E-state index contributed by atoms with van der Waals surface area (Å²) in [4.78, 5) is 0. The number of hydrogen-bond donors (Lipinski definition) is 0. The highest BCUT2D eigenvalue weighted by Gasteiger charge is 2.15. The third-order valence-electron chi connectivity index (χ3n) is 2.30. The number of rotatable bonds is 0. The zero-order valence-corrected chi connectivity index (χ0v) is 10.6. The quantitative estimate of drug-likeness (QED) is 0.632. The maximum absolute atomic E-state index is 3.58. The second-order valence-corrected chi connectivity index (χ2v) is 5.47. The van der Waals surface area contributed by atoms with Crippen LogP contribution >= 0.6 is 15.9 Å². The summed E-state index contributed by atoms with van der Waals surface area (Å²) in [5.41, 5.74) is 4.30. The molecule has 0 heterocycles. The normalized spacial score (nSPS) is 11.8. The van der Waals surface area contributed by atoms with Crippen molar-refractivity contribution in [2.24, 2.45) is 0 Å². The lowest BCUT2D eigenvalue weighted by molar-refractivity contribution is 0.589. The largest absolute Gasteiger partial charge is 0.0561 e. The van der Waals surface area contributed by atoms with Gasteiger partial charge in [-0.05, 0) is 36.0 Å². The van der Waals surface area contributed by atoms with Crippen molar-refractivity contribution < 1.29 is 0 Å². The van der Waals surface area contributed by atoms with Crippen molar-refractivity contribution >= 4 is 15.9 Å². The molecule has 0 aliphatic carbocycles. The molecule has 0 saturated carbocycles. The van der Waals surface area contributed by atoms with Crippen molar-refractivity contribution in [2.45, 2.75) is 40.0 Å². The van der Waals surface area contributed by atoms with Gasteiger partial charge < -0.3 is 0 Å². The first-order valence-corrected chi connectivity index (χ1v) is 5.39. The van der Waals surface area contributed by atoms with Crippen molar-refractivity contribution in [1.82, 2.24) is 0 Å². The molecule has 0 N–H and O–H groups in total. The molecule has 0 saturated heterocycles. The van der Waals surface area contributed by atoms with Crippen LogP contribution in [0.1, 0.15) is 37.5 Å². The summed E-state index contributed by atoms with van der Waals surface area (Å²) in [6.07, 6.45) is 0. The molecule has 0 radical (unpaired) electrons. The molecule has 72 valence electrons. The fourth-order valence-electron chi connectivity index (χ4n) is 1.38. The van der Waals surface area contributed by atoms with Crippen LogP contribution in [0.25, 0.3) is 0 Å². The lowest BCUT2D eigenvalue weighted by Gasteiger charge is -2.21. The van der Waals surface area contributed by atoms with Gasteiger partial charge in [0, 0.05) is 4.47 Å². The second kappa shape index (κ2) is 3.45. The van der Waals surface area contributed by atoms with Crippen LogP contribution in [0.5, 0.6) is 0 Å². The predicted octanol–water partition coefficient (Wildman–Crippen LogP) is 4.36. The number of benzene rings is 1. The first kappa shape index (κ1) is 10.8. The zero-order valence-electron chi connectivity index (χ0n) is 9.03. The van der Waals surface area contributed by atoms with Gasteiger partial charge in [0.1, 0.15) is 0 Å². The van der Waals surface area contributed by atoms with E-state index in [-0.39, 0.29) is 5.41 Å². The standard InChI is InChI=1S/C12H17Br/c1-8-6-10(12(3,4)5)7-9(2)11(8)13/h6-7H,1-5H3. The average Bonchev–Trinajstić information content (AvgIpc) is 1.97. The molecule has 0 atom stereocenters. The SMILES string of the molecule is Cc1cc(C(C)(C)C)cc(C)c1Br. The van der Waals surface area contributed by atoms with Gasteiger partial charge in [0.15, 0.2) is 0 Å². The molecule has 13 heavy (non-hydrogen) atoms. The van der Waals surface area contributed by atoms with E-state index in [1.165, 1.54) is 21.2 Å². The van der Waals surface area contributed by atoms with E-state index in [2.05, 4.69) is 62.7 Å². The van der Waals surface area contributed by atoms with Crippen LogP contribution in [0.15, 0.2) is 16.6 Å². The second-order valence-electron chi connectivity index (χ2n) is 4.67. The van der Waals surface area contributed by atoms with E-state index < -0.39 is 0 Å². The smallest absolute Gasteiger partial charge is 0.0233 e. The van der Waals surface area contributed by atoms with Crippen LogP contribution in [0, 0.1) is 13.8 Å². The van der Waals surface area contributed by atoms with E-state index in [1.54, 1.807) is 0 Å². The Morgan fingerprint density at radius 2 is 1.38 bits per heavy atom. The molecule has 0 aliphatic heterocycles. The van der Waals surface area contributed by atoms with Gasteiger partial charge in [0.25, 0.3) is 0 Å². The number of halogens is 1. The van der Waals surface area contributed by atoms with E-state index >= 15 is 0 Å². The molecule has 0 spiro atoms. The Labute approximate surface area is 89.5 Å². The minimum absolute atomic E-state index is 0.246. The molecule has 0 aromatic heterocycles. The molecule has 1 aromatic rings. The van der Waals surface area contributed by atoms with Gasteiger partial charge in [-0.1, -0.05) is 48.8 Å². The Morgan fingerprint density at radius 3 is 1.69 bits per heavy atom. The maximum Gasteiger partial charge on any atom is 0.0233 e. The fourth-order valence-corrected chi connectivity index (χ4v) is 1.61. The van der Waals surface area contributed by atoms with Crippen LogP contribution < -0.4 is 0 Å². The van der Waals surface area contributed by atoms with Crippen LogP contribution in [0.3, 0.4) is 0 Å². The fraction of sp³-hybridized carbons (Fsp3) is 0.500. The van der Waals surface area contributed by atoms with E-state index in [0.29, 0.717) is 0 Å². The summed E-state index contributed by atoms with van der Waals surface area (Å²) in [5.74, 6) is 0. The molecule has 0 nitrogen and oxygen atoms in total. The van der Waals surface area contributed by atoms with Crippen LogP contribution in [-0.4, -0.2) is 0 Å². The zero-order chi connectivity index (χ0) is 10.2. The summed E-state index contributed by atoms with van der Waals surface area (Å²) in [6.45, 7) is 11.0. The highest BCUT2D eigenvalue weighted by molar-refractivity contribution is 9.10. The number of aryl methyl sites for hydroxylation is 2. The molecule has 0 fully saturated rings. The van der Waals surface area contributed by atoms with Gasteiger partial charge in [0.2, 0.25) is 0 Å². The molecule has 0 aliphatic rings. The highest BCUT2D eigenvalue weighted by Crippen LogP contribution is 2.29. The van der Waals surface area contributed by atoms with Crippen LogP contribution in [0.2, 0.25) is 0 Å². The van der Waals surface area contributed by atoms with E-state index in [0.717, 1.165) is 0 Å². The maximum atomic E-state index is 3.58. The first-order chi connectivity index (χ1) is 5.82. The topological polar surface area (TPSA) is 0 Å². The van der Waals surface area contributed by atoms with Gasteiger partial charge in [0.05, 0.1) is 0 Å². The Kier molecular flexibility index (Phi) is 2.86. The summed E-state index contributed by atoms with van der Waals surface area (Å²) in [7, 11) is 0. The molecular weight excluding hydrogens is 224 g/mol. The minimum Gasteiger partial charge on any atom is -0.0561 e. The summed E-state index contributed by atoms with van der Waals surface area (Å²) in [6, 6.07) is 4.52. The first-order valence-electron chi connectivity index (χ1n) is 4.59. The molecule has 1 heteroatoms. The molecular formula is C12H17Br. The van der Waals surface area contributed by atoms with Crippen molar-refractivity contribution in [1.29, 1.82) is 0 Å². The lowest BCUT2D eigenvalue weighted by Crippen LogP contribution is -2.11. The van der Waals surface area contributed by atoms with E-state index in [9.17, 15) is 0 Å². The minimum atomic E-state index is 0.246. The Balaban J connectivity index is 3.29. The average molecular weight is 241 g/mol.